The monoisotopic (exact) mass is 226 g/mol. The number of fused-ring (bicyclic) bond motifs is 1. The molecule has 2 heteroatoms. The summed E-state index contributed by atoms with van der Waals surface area (Å²) in [5, 5.41) is 6.04. The van der Waals surface area contributed by atoms with Gasteiger partial charge in [-0.3, -0.25) is 4.98 Å². The molecule has 0 aliphatic heterocycles. The van der Waals surface area contributed by atoms with Gasteiger partial charge in [0.25, 0.3) is 0 Å². The van der Waals surface area contributed by atoms with Gasteiger partial charge in [0.05, 0.1) is 0 Å². The molecule has 1 aliphatic rings. The molecule has 2 aromatic rings. The van der Waals surface area contributed by atoms with Crippen LogP contribution in [-0.2, 0) is 0 Å². The van der Waals surface area contributed by atoms with Crippen molar-refractivity contribution in [2.24, 2.45) is 11.8 Å². The minimum atomic E-state index is 0.470. The van der Waals surface area contributed by atoms with Crippen LogP contribution in [0.2, 0.25) is 0 Å². The van der Waals surface area contributed by atoms with Gasteiger partial charge in [-0.05, 0) is 42.3 Å². The molecule has 1 aliphatic carbocycles. The van der Waals surface area contributed by atoms with Crippen molar-refractivity contribution in [3.8, 4) is 0 Å². The Morgan fingerprint density at radius 1 is 1.35 bits per heavy atom. The van der Waals surface area contributed by atoms with Crippen LogP contribution in [0.5, 0.6) is 0 Å². The first-order chi connectivity index (χ1) is 8.31. The van der Waals surface area contributed by atoms with Crippen molar-refractivity contribution in [1.29, 1.82) is 0 Å². The summed E-state index contributed by atoms with van der Waals surface area (Å²) in [4.78, 5) is 4.26. The smallest absolute Gasteiger partial charge is 0.0355 e. The third-order valence-electron chi connectivity index (χ3n) is 3.96. The van der Waals surface area contributed by atoms with Crippen LogP contribution in [-0.4, -0.2) is 12.0 Å². The lowest BCUT2D eigenvalue weighted by Gasteiger charge is -2.18. The molecule has 1 saturated carbocycles. The Morgan fingerprint density at radius 2 is 2.18 bits per heavy atom. The van der Waals surface area contributed by atoms with E-state index >= 15 is 0 Å². The molecule has 1 fully saturated rings. The second kappa shape index (κ2) is 4.11. The average Bonchev–Trinajstić information content (AvgIpc) is 3.08. The van der Waals surface area contributed by atoms with Gasteiger partial charge in [-0.1, -0.05) is 25.1 Å². The van der Waals surface area contributed by atoms with Crippen molar-refractivity contribution < 1.29 is 0 Å². The number of rotatable bonds is 3. The fraction of sp³-hybridized carbons (Fsp3) is 0.400. The Balaban J connectivity index is 2.09. The number of hydrogen-bond donors (Lipinski definition) is 1. The minimum absolute atomic E-state index is 0.470. The first-order valence-corrected chi connectivity index (χ1v) is 6.31. The van der Waals surface area contributed by atoms with E-state index in [9.17, 15) is 0 Å². The molecule has 0 spiro atoms. The Labute approximate surface area is 102 Å². The fourth-order valence-corrected chi connectivity index (χ4v) is 2.82. The highest BCUT2D eigenvalue weighted by Gasteiger charge is 2.39. The Morgan fingerprint density at radius 3 is 2.88 bits per heavy atom. The van der Waals surface area contributed by atoms with Gasteiger partial charge in [0, 0.05) is 23.8 Å². The van der Waals surface area contributed by atoms with E-state index in [-0.39, 0.29) is 0 Å². The maximum absolute atomic E-state index is 4.26. The molecule has 0 radical (unpaired) electrons. The second-order valence-electron chi connectivity index (χ2n) is 5.09. The van der Waals surface area contributed by atoms with E-state index in [0.29, 0.717) is 6.04 Å². The molecular formula is C15H18N2. The summed E-state index contributed by atoms with van der Waals surface area (Å²) in [7, 11) is 2.06. The minimum Gasteiger partial charge on any atom is -0.313 e. The quantitative estimate of drug-likeness (QED) is 0.869. The van der Waals surface area contributed by atoms with Gasteiger partial charge in [-0.15, -0.1) is 0 Å². The number of aromatic nitrogens is 1. The van der Waals surface area contributed by atoms with Crippen LogP contribution < -0.4 is 5.32 Å². The zero-order chi connectivity index (χ0) is 11.8. The maximum Gasteiger partial charge on any atom is 0.0355 e. The molecule has 0 amide bonds. The fourth-order valence-electron chi connectivity index (χ4n) is 2.82. The Hall–Kier alpha value is -1.41. The Kier molecular flexibility index (Phi) is 2.60. The van der Waals surface area contributed by atoms with Gasteiger partial charge < -0.3 is 5.32 Å². The largest absolute Gasteiger partial charge is 0.313 e. The zero-order valence-electron chi connectivity index (χ0n) is 10.4. The van der Waals surface area contributed by atoms with Crippen molar-refractivity contribution in [2.45, 2.75) is 19.4 Å². The lowest BCUT2D eigenvalue weighted by Crippen LogP contribution is -2.19. The van der Waals surface area contributed by atoms with Crippen molar-refractivity contribution in [3.05, 3.63) is 42.2 Å². The lowest BCUT2D eigenvalue weighted by atomic mass is 9.96. The summed E-state index contributed by atoms with van der Waals surface area (Å²) < 4.78 is 0. The molecular weight excluding hydrogens is 208 g/mol. The van der Waals surface area contributed by atoms with Gasteiger partial charge in [-0.2, -0.15) is 0 Å². The molecule has 17 heavy (non-hydrogen) atoms. The van der Waals surface area contributed by atoms with E-state index in [4.69, 9.17) is 0 Å². The third-order valence-corrected chi connectivity index (χ3v) is 3.96. The highest BCUT2D eigenvalue weighted by atomic mass is 14.9. The van der Waals surface area contributed by atoms with E-state index < -0.39 is 0 Å². The number of benzene rings is 1. The second-order valence-corrected chi connectivity index (χ2v) is 5.09. The summed E-state index contributed by atoms with van der Waals surface area (Å²) in [5.74, 6) is 1.63. The van der Waals surface area contributed by atoms with Crippen LogP contribution in [0.25, 0.3) is 10.8 Å². The van der Waals surface area contributed by atoms with Gasteiger partial charge >= 0.3 is 0 Å². The van der Waals surface area contributed by atoms with Crippen LogP contribution in [0.1, 0.15) is 24.9 Å². The van der Waals surface area contributed by atoms with Crippen molar-refractivity contribution in [1.82, 2.24) is 10.3 Å². The van der Waals surface area contributed by atoms with E-state index in [0.717, 1.165) is 11.8 Å². The first kappa shape index (κ1) is 10.7. The van der Waals surface area contributed by atoms with Crippen LogP contribution in [0.3, 0.4) is 0 Å². The highest BCUT2D eigenvalue weighted by Crippen LogP contribution is 2.47. The van der Waals surface area contributed by atoms with Crippen molar-refractivity contribution >= 4 is 10.8 Å². The summed E-state index contributed by atoms with van der Waals surface area (Å²) in [5.41, 5.74) is 1.40. The van der Waals surface area contributed by atoms with Crippen molar-refractivity contribution in [2.75, 3.05) is 7.05 Å². The summed E-state index contributed by atoms with van der Waals surface area (Å²) in [6, 6.07) is 9.09. The van der Waals surface area contributed by atoms with Crippen molar-refractivity contribution in [3.63, 3.8) is 0 Å². The lowest BCUT2D eigenvalue weighted by molar-refractivity contribution is 0.507. The molecule has 0 bridgehead atoms. The van der Waals surface area contributed by atoms with E-state index in [1.807, 2.05) is 12.4 Å². The molecule has 3 rings (SSSR count). The molecule has 2 nitrogen and oxygen atoms in total. The molecule has 1 N–H and O–H groups in total. The highest BCUT2D eigenvalue weighted by molar-refractivity contribution is 5.85. The van der Waals surface area contributed by atoms with Crippen LogP contribution >= 0.6 is 0 Å². The summed E-state index contributed by atoms with van der Waals surface area (Å²) in [6.45, 7) is 2.33. The van der Waals surface area contributed by atoms with Gasteiger partial charge in [0.1, 0.15) is 0 Å². The molecule has 1 heterocycles. The number of pyridine rings is 1. The van der Waals surface area contributed by atoms with Crippen LogP contribution in [0.15, 0.2) is 36.7 Å². The van der Waals surface area contributed by atoms with E-state index in [2.05, 4.69) is 48.5 Å². The standard InChI is InChI=1S/C15H18N2/c1-10-8-13(10)15(16-2)12-5-3-4-11-6-7-17-9-14(11)12/h3-7,9-10,13,15-16H,8H2,1-2H3. The molecule has 3 atom stereocenters. The zero-order valence-corrected chi connectivity index (χ0v) is 10.4. The molecule has 88 valence electrons. The number of nitrogens with one attached hydrogen (secondary N) is 1. The third kappa shape index (κ3) is 1.83. The van der Waals surface area contributed by atoms with Crippen LogP contribution in [0.4, 0.5) is 0 Å². The topological polar surface area (TPSA) is 24.9 Å². The number of nitrogens with zero attached hydrogens (tertiary/aromatic N) is 1. The molecule has 0 saturated heterocycles. The first-order valence-electron chi connectivity index (χ1n) is 6.31. The number of hydrogen-bond acceptors (Lipinski definition) is 2. The van der Waals surface area contributed by atoms with Gasteiger partial charge in [0.15, 0.2) is 0 Å². The molecule has 1 aromatic heterocycles. The normalized spacial score (nSPS) is 24.8. The predicted molar refractivity (Wildman–Crippen MR) is 70.8 cm³/mol. The predicted octanol–water partition coefficient (Wildman–Crippen LogP) is 3.15. The summed E-state index contributed by atoms with van der Waals surface area (Å²) in [6.07, 6.45) is 5.18. The van der Waals surface area contributed by atoms with E-state index in [1.165, 1.54) is 22.8 Å². The van der Waals surface area contributed by atoms with Crippen LogP contribution in [0, 0.1) is 11.8 Å². The van der Waals surface area contributed by atoms with E-state index in [1.54, 1.807) is 0 Å². The molecule has 1 aromatic carbocycles. The molecule has 3 unspecified atom stereocenters. The van der Waals surface area contributed by atoms with Gasteiger partial charge in [0.2, 0.25) is 0 Å². The Bertz CT molecular complexity index is 530. The summed E-state index contributed by atoms with van der Waals surface area (Å²) >= 11 is 0. The SMILES string of the molecule is CNC(c1cccc2ccncc12)C1CC1C. The van der Waals surface area contributed by atoms with Gasteiger partial charge in [-0.25, -0.2) is 0 Å². The average molecular weight is 226 g/mol. The maximum atomic E-state index is 4.26.